The maximum atomic E-state index is 13.0. The van der Waals surface area contributed by atoms with Crippen LogP contribution in [-0.2, 0) is 6.54 Å². The predicted octanol–water partition coefficient (Wildman–Crippen LogP) is 4.82. The van der Waals surface area contributed by atoms with Crippen LogP contribution in [-0.4, -0.2) is 35.9 Å². The predicted molar refractivity (Wildman–Crippen MR) is 110 cm³/mol. The van der Waals surface area contributed by atoms with Gasteiger partial charge in [-0.1, -0.05) is 18.2 Å². The average Bonchev–Trinajstić information content (AvgIpc) is 3.38. The summed E-state index contributed by atoms with van der Waals surface area (Å²) in [5.41, 5.74) is 1.68. The Kier molecular flexibility index (Phi) is 5.59. The van der Waals surface area contributed by atoms with Crippen molar-refractivity contribution in [1.29, 1.82) is 0 Å². The van der Waals surface area contributed by atoms with E-state index < -0.39 is 0 Å². The summed E-state index contributed by atoms with van der Waals surface area (Å²) in [4.78, 5) is 21.0. The van der Waals surface area contributed by atoms with Crippen LogP contribution in [0.2, 0.25) is 0 Å². The van der Waals surface area contributed by atoms with Crippen LogP contribution in [0.5, 0.6) is 5.75 Å². The van der Waals surface area contributed by atoms with Gasteiger partial charge in [-0.3, -0.25) is 9.69 Å². The van der Waals surface area contributed by atoms with Crippen molar-refractivity contribution in [2.75, 3.05) is 20.2 Å². The third kappa shape index (κ3) is 4.03. The highest BCUT2D eigenvalue weighted by molar-refractivity contribution is 7.13. The van der Waals surface area contributed by atoms with Crippen LogP contribution in [0.4, 0.5) is 0 Å². The zero-order chi connectivity index (χ0) is 19.5. The zero-order valence-corrected chi connectivity index (χ0v) is 17.0. The van der Waals surface area contributed by atoms with Crippen molar-refractivity contribution in [3.05, 3.63) is 58.8 Å². The van der Waals surface area contributed by atoms with Gasteiger partial charge in [-0.25, -0.2) is 4.98 Å². The number of hydrogen-bond donors (Lipinski definition) is 0. The highest BCUT2D eigenvalue weighted by Gasteiger charge is 2.28. The topological polar surface area (TPSA) is 55.6 Å². The van der Waals surface area contributed by atoms with Gasteiger partial charge in [0.05, 0.1) is 17.7 Å². The smallest absolute Gasteiger partial charge is 0.236 e. The molecule has 6 heteroatoms. The fourth-order valence-electron chi connectivity index (χ4n) is 3.72. The van der Waals surface area contributed by atoms with E-state index >= 15 is 0 Å². The molecule has 146 valence electrons. The highest BCUT2D eigenvalue weighted by Crippen LogP contribution is 2.28. The van der Waals surface area contributed by atoms with Gasteiger partial charge in [-0.2, -0.15) is 0 Å². The fourth-order valence-corrected chi connectivity index (χ4v) is 4.37. The van der Waals surface area contributed by atoms with Crippen molar-refractivity contribution in [3.63, 3.8) is 0 Å². The first-order valence-corrected chi connectivity index (χ1v) is 10.4. The molecule has 4 rings (SSSR count). The largest absolute Gasteiger partial charge is 0.497 e. The van der Waals surface area contributed by atoms with Gasteiger partial charge in [0, 0.05) is 24.6 Å². The van der Waals surface area contributed by atoms with Crippen LogP contribution in [0, 0.1) is 12.8 Å². The number of hydrogen-bond acceptors (Lipinski definition) is 6. The Morgan fingerprint density at radius 3 is 3.04 bits per heavy atom. The molecule has 1 atom stereocenters. The Morgan fingerprint density at radius 2 is 2.25 bits per heavy atom. The van der Waals surface area contributed by atoms with Gasteiger partial charge in [-0.05, 0) is 49.9 Å². The molecule has 1 fully saturated rings. The molecule has 5 nitrogen and oxygen atoms in total. The second-order valence-corrected chi connectivity index (χ2v) is 8.12. The summed E-state index contributed by atoms with van der Waals surface area (Å²) >= 11 is 1.62. The van der Waals surface area contributed by atoms with Gasteiger partial charge < -0.3 is 9.15 Å². The number of carbonyl (C=O) groups excluding carboxylic acids is 1. The fraction of sp³-hybridized carbons (Fsp3) is 0.364. The molecule has 0 radical (unpaired) electrons. The van der Waals surface area contributed by atoms with Gasteiger partial charge in [0.15, 0.2) is 5.78 Å². The minimum Gasteiger partial charge on any atom is -0.497 e. The third-order valence-electron chi connectivity index (χ3n) is 5.23. The van der Waals surface area contributed by atoms with Crippen LogP contribution in [0.1, 0.15) is 34.7 Å². The molecule has 1 aromatic carbocycles. The lowest BCUT2D eigenvalue weighted by molar-refractivity contribution is 0.0809. The van der Waals surface area contributed by atoms with Crippen molar-refractivity contribution in [1.82, 2.24) is 9.88 Å². The lowest BCUT2D eigenvalue weighted by Crippen LogP contribution is -2.38. The van der Waals surface area contributed by atoms with Crippen LogP contribution >= 0.6 is 11.3 Å². The van der Waals surface area contributed by atoms with Gasteiger partial charge in [-0.15, -0.1) is 11.3 Å². The molecule has 0 unspecified atom stereocenters. The number of thiophene rings is 1. The number of aryl methyl sites for hydroxylation is 1. The number of rotatable bonds is 6. The van der Waals surface area contributed by atoms with E-state index in [1.165, 1.54) is 0 Å². The number of Topliss-reactive ketones (excluding diaryl/α,β-unsaturated/α-hetero) is 1. The normalized spacial score (nSPS) is 17.6. The van der Waals surface area contributed by atoms with E-state index in [2.05, 4.69) is 4.90 Å². The molecule has 3 heterocycles. The summed E-state index contributed by atoms with van der Waals surface area (Å²) in [6.07, 6.45) is 1.93. The van der Waals surface area contributed by atoms with E-state index in [1.54, 1.807) is 18.4 Å². The van der Waals surface area contributed by atoms with Crippen LogP contribution in [0.25, 0.3) is 10.8 Å². The van der Waals surface area contributed by atoms with Crippen molar-refractivity contribution < 1.29 is 13.9 Å². The molecule has 2 aromatic heterocycles. The number of carbonyl (C=O) groups is 1. The average molecular weight is 397 g/mol. The van der Waals surface area contributed by atoms with Gasteiger partial charge in [0.25, 0.3) is 0 Å². The maximum absolute atomic E-state index is 13.0. The Labute approximate surface area is 169 Å². The van der Waals surface area contributed by atoms with E-state index in [9.17, 15) is 4.79 Å². The number of piperidine rings is 1. The summed E-state index contributed by atoms with van der Waals surface area (Å²) < 4.78 is 11.1. The second-order valence-electron chi connectivity index (χ2n) is 7.17. The number of aromatic nitrogens is 1. The molecule has 0 saturated carbocycles. The van der Waals surface area contributed by atoms with E-state index in [4.69, 9.17) is 14.1 Å². The quantitative estimate of drug-likeness (QED) is 0.560. The lowest BCUT2D eigenvalue weighted by atomic mass is 9.90. The maximum Gasteiger partial charge on any atom is 0.236 e. The standard InChI is InChI=1S/C22H24N2O3S/c1-15-19(23-22(27-15)20-9-5-11-28-20)14-24-10-4-7-17(13-24)21(25)16-6-3-8-18(12-16)26-2/h3,5-6,8-9,11-12,17H,4,7,10,13-14H2,1-2H3/t17-/m1/s1. The number of nitrogens with zero attached hydrogens (tertiary/aromatic N) is 2. The van der Waals surface area contributed by atoms with Crippen LogP contribution in [0.3, 0.4) is 0 Å². The number of likely N-dealkylation sites (tertiary alicyclic amines) is 1. The number of ketones is 1. The first-order chi connectivity index (χ1) is 13.6. The second kappa shape index (κ2) is 8.29. The molecule has 0 bridgehead atoms. The summed E-state index contributed by atoms with van der Waals surface area (Å²) in [5.74, 6) is 2.45. The molecule has 1 aliphatic rings. The number of methoxy groups -OCH3 is 1. The molecule has 28 heavy (non-hydrogen) atoms. The molecular weight excluding hydrogens is 372 g/mol. The molecule has 0 amide bonds. The first-order valence-electron chi connectivity index (χ1n) is 9.55. The van der Waals surface area contributed by atoms with Crippen molar-refractivity contribution in [2.45, 2.75) is 26.3 Å². The van der Waals surface area contributed by atoms with E-state index in [-0.39, 0.29) is 11.7 Å². The Balaban J connectivity index is 1.45. The molecule has 1 aliphatic heterocycles. The van der Waals surface area contributed by atoms with Gasteiger partial charge in [0.1, 0.15) is 11.5 Å². The monoisotopic (exact) mass is 396 g/mol. The molecule has 0 aliphatic carbocycles. The molecule has 0 N–H and O–H groups in total. The molecule has 1 saturated heterocycles. The summed E-state index contributed by atoms with van der Waals surface area (Å²) in [6.45, 7) is 4.39. The number of ether oxygens (including phenoxy) is 1. The van der Waals surface area contributed by atoms with Crippen LogP contribution < -0.4 is 4.74 Å². The van der Waals surface area contributed by atoms with Crippen molar-refractivity contribution in [2.24, 2.45) is 5.92 Å². The van der Waals surface area contributed by atoms with E-state index in [0.29, 0.717) is 12.4 Å². The molecular formula is C22H24N2O3S. The van der Waals surface area contributed by atoms with Crippen LogP contribution in [0.15, 0.2) is 46.2 Å². The Bertz CT molecular complexity index is 949. The zero-order valence-electron chi connectivity index (χ0n) is 16.2. The van der Waals surface area contributed by atoms with Gasteiger partial charge >= 0.3 is 0 Å². The lowest BCUT2D eigenvalue weighted by Gasteiger charge is -2.31. The van der Waals surface area contributed by atoms with Crippen molar-refractivity contribution in [3.8, 4) is 16.5 Å². The summed E-state index contributed by atoms with van der Waals surface area (Å²) in [7, 11) is 1.62. The van der Waals surface area contributed by atoms with E-state index in [0.717, 1.165) is 53.6 Å². The highest BCUT2D eigenvalue weighted by atomic mass is 32.1. The minimum atomic E-state index is 0.00447. The summed E-state index contributed by atoms with van der Waals surface area (Å²) in [6, 6.07) is 11.5. The van der Waals surface area contributed by atoms with Crippen molar-refractivity contribution >= 4 is 17.1 Å². The van der Waals surface area contributed by atoms with Gasteiger partial charge in [0.2, 0.25) is 5.89 Å². The van der Waals surface area contributed by atoms with E-state index in [1.807, 2.05) is 48.7 Å². The minimum absolute atomic E-state index is 0.00447. The molecule has 0 spiro atoms. The summed E-state index contributed by atoms with van der Waals surface area (Å²) in [5, 5.41) is 2.02. The molecule has 3 aromatic rings. The number of benzene rings is 1. The SMILES string of the molecule is COc1cccc(C(=O)[C@@H]2CCCN(Cc3nc(-c4cccs4)oc3C)C2)c1. The Hall–Kier alpha value is -2.44. The third-order valence-corrected chi connectivity index (χ3v) is 6.09. The Morgan fingerprint density at radius 1 is 1.36 bits per heavy atom. The first kappa shape index (κ1) is 18.9. The number of oxazole rings is 1.